The van der Waals surface area contributed by atoms with Gasteiger partial charge in [-0.25, -0.2) is 0 Å². The minimum Gasteiger partial charge on any atom is -0.488 e. The number of hydrogen-bond donors (Lipinski definition) is 1. The number of nitrogens with one attached hydrogen (secondary N) is 1. The normalized spacial score (nSPS) is 22.1. The molecule has 1 amide bonds. The Bertz CT molecular complexity index is 414. The first-order valence-corrected chi connectivity index (χ1v) is 5.38. The van der Waals surface area contributed by atoms with Gasteiger partial charge >= 0.3 is 0 Å². The molecule has 1 heterocycles. The maximum Gasteiger partial charge on any atom is 0.243 e. The van der Waals surface area contributed by atoms with E-state index in [0.717, 1.165) is 5.75 Å². The first kappa shape index (κ1) is 10.7. The fourth-order valence-corrected chi connectivity index (χ4v) is 1.92. The molecule has 0 saturated heterocycles. The fraction of sp³-hybridized carbons (Fsp3) is 0.308. The van der Waals surface area contributed by atoms with Crippen molar-refractivity contribution in [3.05, 3.63) is 42.5 Å². The van der Waals surface area contributed by atoms with E-state index < -0.39 is 0 Å². The van der Waals surface area contributed by atoms with Crippen LogP contribution in [0.4, 0.5) is 0 Å². The Balaban J connectivity index is 2.01. The van der Waals surface area contributed by atoms with Crippen molar-refractivity contribution in [2.45, 2.75) is 18.9 Å². The number of benzene rings is 1. The molecule has 0 bridgehead atoms. The Morgan fingerprint density at radius 2 is 2.31 bits per heavy atom. The van der Waals surface area contributed by atoms with Gasteiger partial charge in [0.25, 0.3) is 0 Å². The van der Waals surface area contributed by atoms with Crippen LogP contribution >= 0.6 is 0 Å². The smallest absolute Gasteiger partial charge is 0.243 e. The number of fused-ring (bicyclic) bond motifs is 1. The molecule has 2 rings (SSSR count). The van der Waals surface area contributed by atoms with E-state index in [0.29, 0.717) is 12.5 Å². The fourth-order valence-electron chi connectivity index (χ4n) is 1.92. The van der Waals surface area contributed by atoms with Gasteiger partial charge < -0.3 is 10.1 Å². The van der Waals surface area contributed by atoms with Crippen LogP contribution in [0, 0.1) is 0 Å². The molecule has 1 aliphatic heterocycles. The van der Waals surface area contributed by atoms with Crippen molar-refractivity contribution in [1.82, 2.24) is 5.32 Å². The van der Waals surface area contributed by atoms with Gasteiger partial charge in [0.1, 0.15) is 11.9 Å². The number of carbonyl (C=O) groups is 1. The van der Waals surface area contributed by atoms with E-state index in [-0.39, 0.29) is 12.0 Å². The van der Waals surface area contributed by atoms with Gasteiger partial charge in [-0.05, 0) is 12.1 Å². The van der Waals surface area contributed by atoms with Crippen molar-refractivity contribution in [2.24, 2.45) is 0 Å². The lowest BCUT2D eigenvalue weighted by Gasteiger charge is -2.15. The maximum absolute atomic E-state index is 11.1. The molecule has 3 heteroatoms. The van der Waals surface area contributed by atoms with Crippen molar-refractivity contribution in [3.63, 3.8) is 0 Å². The van der Waals surface area contributed by atoms with Gasteiger partial charge in [-0.3, -0.25) is 4.79 Å². The van der Waals surface area contributed by atoms with Crippen molar-refractivity contribution in [1.29, 1.82) is 0 Å². The largest absolute Gasteiger partial charge is 0.488 e. The van der Waals surface area contributed by atoms with E-state index in [1.807, 2.05) is 18.2 Å². The number of para-hydroxylation sites is 1. The molecule has 0 unspecified atom stereocenters. The van der Waals surface area contributed by atoms with E-state index in [1.165, 1.54) is 11.6 Å². The van der Waals surface area contributed by atoms with Crippen LogP contribution in [0.2, 0.25) is 0 Å². The first-order valence-electron chi connectivity index (χ1n) is 5.38. The Morgan fingerprint density at radius 3 is 3.00 bits per heavy atom. The quantitative estimate of drug-likeness (QED) is 0.785. The molecule has 2 atom stereocenters. The van der Waals surface area contributed by atoms with Crippen LogP contribution in [0.1, 0.15) is 18.4 Å². The summed E-state index contributed by atoms with van der Waals surface area (Å²) in [7, 11) is 0. The van der Waals surface area contributed by atoms with Crippen LogP contribution in [0.15, 0.2) is 36.9 Å². The molecule has 16 heavy (non-hydrogen) atoms. The van der Waals surface area contributed by atoms with Crippen molar-refractivity contribution in [3.8, 4) is 5.75 Å². The summed E-state index contributed by atoms with van der Waals surface area (Å²) in [4.78, 5) is 11.1. The van der Waals surface area contributed by atoms with Crippen LogP contribution in [-0.2, 0) is 4.79 Å². The lowest BCUT2D eigenvalue weighted by molar-refractivity contribution is -0.116. The van der Waals surface area contributed by atoms with E-state index in [1.54, 1.807) is 0 Å². The van der Waals surface area contributed by atoms with Crippen molar-refractivity contribution in [2.75, 3.05) is 6.54 Å². The van der Waals surface area contributed by atoms with Gasteiger partial charge in [0.05, 0.1) is 6.54 Å². The zero-order chi connectivity index (χ0) is 11.5. The molecule has 0 radical (unpaired) electrons. The third-order valence-electron chi connectivity index (χ3n) is 2.91. The molecule has 0 aromatic heterocycles. The molecule has 1 aromatic carbocycles. The van der Waals surface area contributed by atoms with E-state index in [2.05, 4.69) is 24.9 Å². The Morgan fingerprint density at radius 1 is 1.56 bits per heavy atom. The topological polar surface area (TPSA) is 38.3 Å². The van der Waals surface area contributed by atoms with Crippen LogP contribution < -0.4 is 10.1 Å². The van der Waals surface area contributed by atoms with Gasteiger partial charge in [0, 0.05) is 11.5 Å². The minimum absolute atomic E-state index is 0.0151. The highest BCUT2D eigenvalue weighted by Crippen LogP contribution is 2.37. The second kappa shape index (κ2) is 4.39. The van der Waals surface area contributed by atoms with Gasteiger partial charge in [-0.2, -0.15) is 0 Å². The average molecular weight is 217 g/mol. The van der Waals surface area contributed by atoms with Gasteiger partial charge in [0.15, 0.2) is 0 Å². The minimum atomic E-state index is -0.160. The third-order valence-corrected chi connectivity index (χ3v) is 2.91. The summed E-state index contributed by atoms with van der Waals surface area (Å²) in [5.74, 6) is 1.07. The molecule has 84 valence electrons. The summed E-state index contributed by atoms with van der Waals surface area (Å²) in [5.41, 5.74) is 1.21. The van der Waals surface area contributed by atoms with Crippen molar-refractivity contribution >= 4 is 5.91 Å². The molecule has 0 spiro atoms. The number of rotatable bonds is 3. The number of carbonyl (C=O) groups excluding carboxylic acids is 1. The van der Waals surface area contributed by atoms with Crippen LogP contribution in [0.3, 0.4) is 0 Å². The van der Waals surface area contributed by atoms with Crippen molar-refractivity contribution < 1.29 is 9.53 Å². The molecule has 1 aromatic rings. The SMILES string of the molecule is C=CC(=O)NC[C@H]1Oc2ccccc2[C@H]1C. The summed E-state index contributed by atoms with van der Waals surface area (Å²) in [5, 5.41) is 2.76. The van der Waals surface area contributed by atoms with Gasteiger partial charge in [-0.15, -0.1) is 0 Å². The van der Waals surface area contributed by atoms with Gasteiger partial charge in [-0.1, -0.05) is 31.7 Å². The van der Waals surface area contributed by atoms with Crippen LogP contribution in [-0.4, -0.2) is 18.6 Å². The summed E-state index contributed by atoms with van der Waals surface area (Å²) in [6, 6.07) is 7.98. The average Bonchev–Trinajstić information content (AvgIpc) is 2.64. The number of ether oxygens (including phenoxy) is 1. The summed E-state index contributed by atoms with van der Waals surface area (Å²) in [6.45, 7) is 6.03. The zero-order valence-electron chi connectivity index (χ0n) is 9.27. The Hall–Kier alpha value is -1.77. The third kappa shape index (κ3) is 1.94. The molecule has 0 fully saturated rings. The highest BCUT2D eigenvalue weighted by molar-refractivity contribution is 5.86. The predicted octanol–water partition coefficient (Wildman–Crippen LogP) is 1.85. The molecule has 3 nitrogen and oxygen atoms in total. The number of amides is 1. The van der Waals surface area contributed by atoms with E-state index in [9.17, 15) is 4.79 Å². The Labute approximate surface area is 95.1 Å². The highest BCUT2D eigenvalue weighted by atomic mass is 16.5. The molecule has 0 aliphatic carbocycles. The van der Waals surface area contributed by atoms with Gasteiger partial charge in [0.2, 0.25) is 5.91 Å². The summed E-state index contributed by atoms with van der Waals surface area (Å²) >= 11 is 0. The molecule has 1 aliphatic rings. The summed E-state index contributed by atoms with van der Waals surface area (Å²) in [6.07, 6.45) is 1.29. The standard InChI is InChI=1S/C13H15NO2/c1-3-13(15)14-8-12-9(2)10-6-4-5-7-11(10)16-12/h3-7,9,12H,1,8H2,2H3,(H,14,15)/t9-,12-/m1/s1. The second-order valence-electron chi connectivity index (χ2n) is 3.93. The molecular formula is C13H15NO2. The monoisotopic (exact) mass is 217 g/mol. The van der Waals surface area contributed by atoms with E-state index in [4.69, 9.17) is 4.74 Å². The van der Waals surface area contributed by atoms with E-state index >= 15 is 0 Å². The van der Waals surface area contributed by atoms with Crippen LogP contribution in [0.25, 0.3) is 0 Å². The molecular weight excluding hydrogens is 202 g/mol. The number of hydrogen-bond acceptors (Lipinski definition) is 2. The summed E-state index contributed by atoms with van der Waals surface area (Å²) < 4.78 is 5.77. The molecule has 1 N–H and O–H groups in total. The molecule has 0 saturated carbocycles. The predicted molar refractivity (Wildman–Crippen MR) is 62.5 cm³/mol. The lowest BCUT2D eigenvalue weighted by Crippen LogP contribution is -2.34. The second-order valence-corrected chi connectivity index (χ2v) is 3.93. The van der Waals surface area contributed by atoms with Crippen LogP contribution in [0.5, 0.6) is 5.75 Å². The Kier molecular flexibility index (Phi) is 2.95. The highest BCUT2D eigenvalue weighted by Gasteiger charge is 2.30. The first-order chi connectivity index (χ1) is 7.72. The lowest BCUT2D eigenvalue weighted by atomic mass is 9.98. The maximum atomic E-state index is 11.1. The zero-order valence-corrected chi connectivity index (χ0v) is 9.27.